The monoisotopic (exact) mass is 463 g/mol. The summed E-state index contributed by atoms with van der Waals surface area (Å²) in [6.07, 6.45) is 1.48. The molecular weight excluding hydrogens is 446 g/mol. The van der Waals surface area contributed by atoms with E-state index in [1.54, 1.807) is 12.1 Å². The van der Waals surface area contributed by atoms with Crippen molar-refractivity contribution >= 4 is 50.6 Å². The van der Waals surface area contributed by atoms with Gasteiger partial charge in [0.2, 0.25) is 5.91 Å². The molecule has 0 saturated carbocycles. The molecule has 2 aromatic carbocycles. The van der Waals surface area contributed by atoms with Crippen molar-refractivity contribution in [3.63, 3.8) is 0 Å². The molecule has 0 spiro atoms. The fourth-order valence-corrected chi connectivity index (χ4v) is 4.33. The van der Waals surface area contributed by atoms with E-state index in [4.69, 9.17) is 16.0 Å². The number of carbonyl (C=O) groups is 2. The smallest absolute Gasteiger partial charge is 0.337 e. The third-order valence-electron chi connectivity index (χ3n) is 4.08. The number of benzene rings is 2. The largest absolute Gasteiger partial charge is 0.478 e. The molecule has 0 aliphatic rings. The van der Waals surface area contributed by atoms with Crippen LogP contribution in [0.2, 0.25) is 5.02 Å². The Hall–Kier alpha value is -3.50. The summed E-state index contributed by atoms with van der Waals surface area (Å²) in [5.74, 6) is -1.02. The van der Waals surface area contributed by atoms with Crippen molar-refractivity contribution in [2.24, 2.45) is 0 Å². The molecule has 9 nitrogen and oxygen atoms in total. The first-order chi connectivity index (χ1) is 14.7. The number of carboxylic acid groups (broad SMARTS) is 1. The normalized spacial score (nSPS) is 11.0. The van der Waals surface area contributed by atoms with Crippen LogP contribution in [0.25, 0.3) is 0 Å². The highest BCUT2D eigenvalue weighted by Gasteiger charge is 2.23. The van der Waals surface area contributed by atoms with Gasteiger partial charge in [-0.3, -0.25) is 9.52 Å². The van der Waals surface area contributed by atoms with Gasteiger partial charge in [0, 0.05) is 18.3 Å². The summed E-state index contributed by atoms with van der Waals surface area (Å²) in [4.78, 5) is 22.4. The van der Waals surface area contributed by atoms with E-state index < -0.39 is 16.0 Å². The zero-order chi connectivity index (χ0) is 22.6. The van der Waals surface area contributed by atoms with Crippen LogP contribution in [0.3, 0.4) is 0 Å². The Morgan fingerprint density at radius 1 is 1.10 bits per heavy atom. The Balaban J connectivity index is 1.87. The topological polar surface area (TPSA) is 138 Å². The first-order valence-electron chi connectivity index (χ1n) is 8.89. The van der Waals surface area contributed by atoms with Crippen LogP contribution in [0.1, 0.15) is 23.0 Å². The van der Waals surface area contributed by atoms with Crippen LogP contribution in [0.5, 0.6) is 0 Å². The molecule has 1 amide bonds. The highest BCUT2D eigenvalue weighted by atomic mass is 35.5. The Labute approximate surface area is 183 Å². The summed E-state index contributed by atoms with van der Waals surface area (Å²) in [6.45, 7) is 1.54. The third-order valence-corrected chi connectivity index (χ3v) is 5.93. The minimum Gasteiger partial charge on any atom is -0.478 e. The van der Waals surface area contributed by atoms with Crippen molar-refractivity contribution in [2.45, 2.75) is 18.4 Å². The summed E-state index contributed by atoms with van der Waals surface area (Å²) in [5, 5.41) is 14.8. The summed E-state index contributed by atoms with van der Waals surface area (Å²) in [7, 11) is -4.19. The van der Waals surface area contributed by atoms with Gasteiger partial charge < -0.3 is 20.2 Å². The molecule has 162 valence electrons. The average molecular weight is 464 g/mol. The van der Waals surface area contributed by atoms with Crippen LogP contribution in [-0.4, -0.2) is 25.4 Å². The average Bonchev–Trinajstić information content (AvgIpc) is 3.20. The number of halogens is 1. The van der Waals surface area contributed by atoms with Crippen molar-refractivity contribution in [1.82, 2.24) is 0 Å². The maximum atomic E-state index is 12.8. The van der Waals surface area contributed by atoms with Gasteiger partial charge in [-0.1, -0.05) is 11.6 Å². The van der Waals surface area contributed by atoms with E-state index in [2.05, 4.69) is 15.4 Å². The van der Waals surface area contributed by atoms with Gasteiger partial charge in [-0.15, -0.1) is 0 Å². The van der Waals surface area contributed by atoms with E-state index in [0.29, 0.717) is 11.4 Å². The second kappa shape index (κ2) is 9.11. The molecule has 11 heteroatoms. The summed E-state index contributed by atoms with van der Waals surface area (Å²) < 4.78 is 33.2. The Bertz CT molecular complexity index is 1210. The molecule has 0 bridgehead atoms. The van der Waals surface area contributed by atoms with Crippen LogP contribution < -0.4 is 15.4 Å². The number of hydrogen-bond donors (Lipinski definition) is 4. The molecule has 0 saturated heterocycles. The van der Waals surface area contributed by atoms with Crippen LogP contribution in [0.4, 0.5) is 17.1 Å². The first-order valence-corrected chi connectivity index (χ1v) is 10.8. The van der Waals surface area contributed by atoms with Gasteiger partial charge in [-0.2, -0.15) is 0 Å². The second-order valence-electron chi connectivity index (χ2n) is 6.43. The van der Waals surface area contributed by atoms with Crippen molar-refractivity contribution in [2.75, 3.05) is 15.4 Å². The number of rotatable bonds is 8. The number of anilines is 3. The van der Waals surface area contributed by atoms with Crippen LogP contribution in [0.15, 0.2) is 64.1 Å². The molecular formula is C20H18ClN3O6S. The molecule has 1 aromatic heterocycles. The summed E-state index contributed by atoms with van der Waals surface area (Å²) in [6, 6.07) is 11.6. The number of furan rings is 1. The van der Waals surface area contributed by atoms with E-state index in [0.717, 1.165) is 6.07 Å². The summed E-state index contributed by atoms with van der Waals surface area (Å²) >= 11 is 6.18. The first kappa shape index (κ1) is 22.2. The Morgan fingerprint density at radius 2 is 1.77 bits per heavy atom. The molecule has 0 fully saturated rings. The van der Waals surface area contributed by atoms with E-state index in [1.807, 2.05) is 0 Å². The maximum absolute atomic E-state index is 12.8. The van der Waals surface area contributed by atoms with Gasteiger partial charge in [0.25, 0.3) is 10.0 Å². The fourth-order valence-electron chi connectivity index (χ4n) is 2.71. The lowest BCUT2D eigenvalue weighted by Gasteiger charge is -2.14. The molecule has 31 heavy (non-hydrogen) atoms. The highest BCUT2D eigenvalue weighted by molar-refractivity contribution is 7.92. The fraction of sp³-hybridized carbons (Fsp3) is 0.100. The number of nitrogens with one attached hydrogen (secondary N) is 3. The van der Waals surface area contributed by atoms with Gasteiger partial charge in [0.1, 0.15) is 10.7 Å². The number of amides is 1. The molecule has 3 aromatic rings. The Kier molecular flexibility index (Phi) is 6.52. The molecule has 4 N–H and O–H groups in total. The number of sulfonamides is 1. The number of carboxylic acids is 1. The lowest BCUT2D eigenvalue weighted by atomic mass is 10.1. The second-order valence-corrected chi connectivity index (χ2v) is 8.49. The molecule has 1 heterocycles. The van der Waals surface area contributed by atoms with Crippen molar-refractivity contribution in [1.29, 1.82) is 0 Å². The molecule has 0 atom stereocenters. The van der Waals surface area contributed by atoms with Crippen LogP contribution in [-0.2, 0) is 21.4 Å². The standard InChI is InChI=1S/C20H18ClN3O6S/c1-12(25)23-13-4-6-14(7-5-13)24-31(28,29)19-9-16(20(26)27)18(10-17(19)21)22-11-15-3-2-8-30-15/h2-10,22,24H,11H2,1H3,(H,23,25)(H,26,27). The zero-order valence-corrected chi connectivity index (χ0v) is 17.8. The van der Waals surface area contributed by atoms with E-state index in [-0.39, 0.29) is 39.3 Å². The quantitative estimate of drug-likeness (QED) is 0.396. The number of aromatic carboxylic acids is 1. The number of hydrogen-bond acceptors (Lipinski definition) is 6. The predicted molar refractivity (Wildman–Crippen MR) is 116 cm³/mol. The minimum atomic E-state index is -4.19. The zero-order valence-electron chi connectivity index (χ0n) is 16.2. The van der Waals surface area contributed by atoms with Gasteiger partial charge in [0.05, 0.1) is 29.1 Å². The summed E-state index contributed by atoms with van der Waals surface area (Å²) in [5.41, 5.74) is 0.584. The van der Waals surface area contributed by atoms with Gasteiger partial charge in [0.15, 0.2) is 0 Å². The lowest BCUT2D eigenvalue weighted by Crippen LogP contribution is -2.16. The Morgan fingerprint density at radius 3 is 2.35 bits per heavy atom. The van der Waals surface area contributed by atoms with E-state index in [9.17, 15) is 23.1 Å². The van der Waals surface area contributed by atoms with E-state index >= 15 is 0 Å². The molecule has 3 rings (SSSR count). The third kappa shape index (κ3) is 5.56. The van der Waals surface area contributed by atoms with Crippen LogP contribution in [0, 0.1) is 0 Å². The highest BCUT2D eigenvalue weighted by Crippen LogP contribution is 2.31. The lowest BCUT2D eigenvalue weighted by molar-refractivity contribution is -0.114. The van der Waals surface area contributed by atoms with Gasteiger partial charge in [-0.25, -0.2) is 13.2 Å². The number of carbonyl (C=O) groups excluding carboxylic acids is 1. The molecule has 0 unspecified atom stereocenters. The van der Waals surface area contributed by atoms with E-state index in [1.165, 1.54) is 43.5 Å². The molecule has 0 radical (unpaired) electrons. The SMILES string of the molecule is CC(=O)Nc1ccc(NS(=O)(=O)c2cc(C(=O)O)c(NCc3ccco3)cc2Cl)cc1. The van der Waals surface area contributed by atoms with Gasteiger partial charge >= 0.3 is 5.97 Å². The van der Waals surface area contributed by atoms with Crippen LogP contribution >= 0.6 is 11.6 Å². The van der Waals surface area contributed by atoms with Crippen molar-refractivity contribution in [3.05, 3.63) is 71.1 Å². The van der Waals surface area contributed by atoms with Gasteiger partial charge in [-0.05, 0) is 48.5 Å². The maximum Gasteiger partial charge on any atom is 0.337 e. The molecule has 0 aliphatic carbocycles. The minimum absolute atomic E-state index is 0.146. The predicted octanol–water partition coefficient (Wildman–Crippen LogP) is 4.00. The van der Waals surface area contributed by atoms with Crippen molar-refractivity contribution in [3.8, 4) is 0 Å². The van der Waals surface area contributed by atoms with Crippen molar-refractivity contribution < 1.29 is 27.5 Å². The molecule has 0 aliphatic heterocycles.